The molecule has 5 heteroatoms. The zero-order valence-corrected chi connectivity index (χ0v) is 10.8. The molecule has 1 aliphatic rings. The first-order valence-electron chi connectivity index (χ1n) is 5.77. The zero-order valence-electron chi connectivity index (χ0n) is 9.96. The lowest BCUT2D eigenvalue weighted by atomic mass is 9.67. The zero-order chi connectivity index (χ0) is 11.1. The Morgan fingerprint density at radius 1 is 1.50 bits per heavy atom. The smallest absolute Gasteiger partial charge is 0.233 e. The van der Waals surface area contributed by atoms with E-state index in [1.807, 2.05) is 6.92 Å². The third kappa shape index (κ3) is 4.68. The van der Waals surface area contributed by atoms with E-state index < -0.39 is 0 Å². The summed E-state index contributed by atoms with van der Waals surface area (Å²) in [6.07, 6.45) is 4.71. The number of nitrogens with one attached hydrogen (secondary N) is 1. The van der Waals surface area contributed by atoms with Crippen LogP contribution >= 0.6 is 12.4 Å². The number of hydrogen-bond donors (Lipinski definition) is 2. The molecule has 0 aromatic carbocycles. The molecule has 0 bridgehead atoms. The summed E-state index contributed by atoms with van der Waals surface area (Å²) in [5.74, 6) is -0.0577. The first-order valence-corrected chi connectivity index (χ1v) is 5.77. The minimum atomic E-state index is -0.0577. The molecule has 16 heavy (non-hydrogen) atoms. The van der Waals surface area contributed by atoms with Crippen molar-refractivity contribution in [2.75, 3.05) is 26.3 Å². The topological polar surface area (TPSA) is 64.3 Å². The van der Waals surface area contributed by atoms with Crippen molar-refractivity contribution in [3.05, 3.63) is 0 Å². The Morgan fingerprint density at radius 3 is 2.62 bits per heavy atom. The fraction of sp³-hybridized carbons (Fsp3) is 0.909. The minimum Gasteiger partial charge on any atom is -0.382 e. The van der Waals surface area contributed by atoms with Crippen LogP contribution in [0.2, 0.25) is 0 Å². The average Bonchev–Trinajstić information content (AvgIpc) is 2.20. The molecule has 0 saturated heterocycles. The molecule has 3 N–H and O–H groups in total. The Labute approximate surface area is 104 Å². The number of halogens is 1. The summed E-state index contributed by atoms with van der Waals surface area (Å²) in [6.45, 7) is 4.42. The highest BCUT2D eigenvalue weighted by molar-refractivity contribution is 5.85. The molecule has 1 amide bonds. The molecule has 1 aliphatic carbocycles. The Morgan fingerprint density at radius 2 is 2.19 bits per heavy atom. The van der Waals surface area contributed by atoms with E-state index in [9.17, 15) is 4.79 Å². The number of rotatable bonds is 7. The van der Waals surface area contributed by atoms with E-state index in [1.165, 1.54) is 19.3 Å². The lowest BCUT2D eigenvalue weighted by molar-refractivity contribution is -0.120. The maximum absolute atomic E-state index is 11.1. The van der Waals surface area contributed by atoms with Crippen LogP contribution in [0.3, 0.4) is 0 Å². The molecule has 0 aromatic rings. The van der Waals surface area contributed by atoms with Gasteiger partial charge in [0, 0.05) is 19.8 Å². The highest BCUT2D eigenvalue weighted by atomic mass is 35.5. The van der Waals surface area contributed by atoms with Gasteiger partial charge in [0.15, 0.2) is 0 Å². The van der Waals surface area contributed by atoms with Crippen LogP contribution in [0.4, 0.5) is 0 Å². The number of carbonyl (C=O) groups is 1. The van der Waals surface area contributed by atoms with Gasteiger partial charge in [-0.3, -0.25) is 4.79 Å². The molecule has 1 saturated carbocycles. The number of nitrogens with two attached hydrogens (primary N) is 1. The Bertz CT molecular complexity index is 208. The third-order valence-electron chi connectivity index (χ3n) is 3.24. The molecule has 1 rings (SSSR count). The van der Waals surface area contributed by atoms with Gasteiger partial charge in [-0.15, -0.1) is 12.4 Å². The van der Waals surface area contributed by atoms with Gasteiger partial charge in [0.2, 0.25) is 5.91 Å². The van der Waals surface area contributed by atoms with Crippen molar-refractivity contribution in [2.45, 2.75) is 32.6 Å². The summed E-state index contributed by atoms with van der Waals surface area (Å²) in [5.41, 5.74) is 5.54. The fourth-order valence-electron chi connectivity index (χ4n) is 1.98. The van der Waals surface area contributed by atoms with Crippen LogP contribution in [0.25, 0.3) is 0 Å². The van der Waals surface area contributed by atoms with E-state index in [0.29, 0.717) is 5.41 Å². The maximum atomic E-state index is 11.1. The highest BCUT2D eigenvalue weighted by Crippen LogP contribution is 2.43. The minimum absolute atomic E-state index is 0. The van der Waals surface area contributed by atoms with Crippen molar-refractivity contribution in [1.82, 2.24) is 5.32 Å². The van der Waals surface area contributed by atoms with Crippen LogP contribution in [-0.2, 0) is 9.53 Å². The molecule has 1 fully saturated rings. The molecule has 0 spiro atoms. The molecule has 0 atom stereocenters. The summed E-state index contributed by atoms with van der Waals surface area (Å²) in [7, 11) is 0. The molecular formula is C11H23ClN2O2. The van der Waals surface area contributed by atoms with Crippen LogP contribution < -0.4 is 11.1 Å². The molecular weight excluding hydrogens is 228 g/mol. The van der Waals surface area contributed by atoms with Crippen molar-refractivity contribution in [1.29, 1.82) is 0 Å². The van der Waals surface area contributed by atoms with Crippen molar-refractivity contribution < 1.29 is 9.53 Å². The maximum Gasteiger partial charge on any atom is 0.233 e. The van der Waals surface area contributed by atoms with Gasteiger partial charge in [-0.2, -0.15) is 0 Å². The summed E-state index contributed by atoms with van der Waals surface area (Å²) in [4.78, 5) is 11.1. The van der Waals surface area contributed by atoms with Gasteiger partial charge < -0.3 is 15.8 Å². The lowest BCUT2D eigenvalue weighted by Gasteiger charge is -2.42. The van der Waals surface area contributed by atoms with Gasteiger partial charge in [0.05, 0.1) is 6.54 Å². The first kappa shape index (κ1) is 15.7. The molecule has 0 aromatic heterocycles. The summed E-state index contributed by atoms with van der Waals surface area (Å²) < 4.78 is 5.36. The second-order valence-corrected chi connectivity index (χ2v) is 4.28. The highest BCUT2D eigenvalue weighted by Gasteiger charge is 2.36. The van der Waals surface area contributed by atoms with Crippen molar-refractivity contribution in [3.63, 3.8) is 0 Å². The Kier molecular flexibility index (Phi) is 7.72. The predicted molar refractivity (Wildman–Crippen MR) is 66.7 cm³/mol. The Hall–Kier alpha value is -0.320. The van der Waals surface area contributed by atoms with Crippen LogP contribution in [0.1, 0.15) is 32.6 Å². The van der Waals surface area contributed by atoms with E-state index in [2.05, 4.69) is 5.32 Å². The van der Waals surface area contributed by atoms with Crippen molar-refractivity contribution in [2.24, 2.45) is 11.1 Å². The van der Waals surface area contributed by atoms with E-state index in [4.69, 9.17) is 10.5 Å². The van der Waals surface area contributed by atoms with Crippen LogP contribution in [-0.4, -0.2) is 32.2 Å². The van der Waals surface area contributed by atoms with Gasteiger partial charge in [-0.05, 0) is 31.6 Å². The van der Waals surface area contributed by atoms with Crippen molar-refractivity contribution in [3.8, 4) is 0 Å². The first-order chi connectivity index (χ1) is 7.22. The quantitative estimate of drug-likeness (QED) is 0.665. The number of ether oxygens (including phenoxy) is 1. The SMILES string of the molecule is CCOCCC1(CNC(=O)CN)CCC1.Cl. The standard InChI is InChI=1S/C11H22N2O2.ClH/c1-2-15-7-6-11(4-3-5-11)9-13-10(14)8-12;/h2-9,12H2,1H3,(H,13,14);1H. The second kappa shape index (κ2) is 7.87. The molecule has 0 aliphatic heterocycles. The predicted octanol–water partition coefficient (Wildman–Crippen LogP) is 1.08. The monoisotopic (exact) mass is 250 g/mol. The fourth-order valence-corrected chi connectivity index (χ4v) is 1.98. The van der Waals surface area contributed by atoms with Gasteiger partial charge >= 0.3 is 0 Å². The summed E-state index contributed by atoms with van der Waals surface area (Å²) in [6, 6.07) is 0. The number of hydrogen-bond acceptors (Lipinski definition) is 3. The van der Waals surface area contributed by atoms with E-state index in [0.717, 1.165) is 26.2 Å². The second-order valence-electron chi connectivity index (χ2n) is 4.28. The average molecular weight is 251 g/mol. The van der Waals surface area contributed by atoms with Crippen LogP contribution in [0.15, 0.2) is 0 Å². The molecule has 0 unspecified atom stereocenters. The Balaban J connectivity index is 0.00000225. The third-order valence-corrected chi connectivity index (χ3v) is 3.24. The molecule has 96 valence electrons. The number of amides is 1. The van der Waals surface area contributed by atoms with Gasteiger partial charge in [0.1, 0.15) is 0 Å². The summed E-state index contributed by atoms with van der Waals surface area (Å²) >= 11 is 0. The number of carbonyl (C=O) groups excluding carboxylic acids is 1. The van der Waals surface area contributed by atoms with Gasteiger partial charge in [-0.1, -0.05) is 6.42 Å². The largest absolute Gasteiger partial charge is 0.382 e. The molecule has 0 heterocycles. The van der Waals surface area contributed by atoms with E-state index in [1.54, 1.807) is 0 Å². The van der Waals surface area contributed by atoms with Crippen LogP contribution in [0, 0.1) is 5.41 Å². The molecule has 4 nitrogen and oxygen atoms in total. The van der Waals surface area contributed by atoms with Crippen LogP contribution in [0.5, 0.6) is 0 Å². The molecule has 0 radical (unpaired) electrons. The summed E-state index contributed by atoms with van der Waals surface area (Å²) in [5, 5.41) is 2.88. The normalized spacial score (nSPS) is 17.1. The van der Waals surface area contributed by atoms with Gasteiger partial charge in [0.25, 0.3) is 0 Å². The van der Waals surface area contributed by atoms with Crippen molar-refractivity contribution >= 4 is 18.3 Å². The van der Waals surface area contributed by atoms with E-state index >= 15 is 0 Å². The van der Waals surface area contributed by atoms with Gasteiger partial charge in [-0.25, -0.2) is 0 Å². The lowest BCUT2D eigenvalue weighted by Crippen LogP contribution is -2.44. The van der Waals surface area contributed by atoms with E-state index in [-0.39, 0.29) is 24.9 Å².